The second-order valence-electron chi connectivity index (χ2n) is 5.54. The average molecular weight is 372 g/mol. The molecule has 0 radical (unpaired) electrons. The summed E-state index contributed by atoms with van der Waals surface area (Å²) in [6.07, 6.45) is 3.48. The zero-order chi connectivity index (χ0) is 18.4. The van der Waals surface area contributed by atoms with Gasteiger partial charge in [0.05, 0.1) is 0 Å². The summed E-state index contributed by atoms with van der Waals surface area (Å²) in [6, 6.07) is 11.2. The Morgan fingerprint density at radius 3 is 2.54 bits per heavy atom. The number of thiophene rings is 1. The van der Waals surface area contributed by atoms with Crippen LogP contribution in [-0.4, -0.2) is 28.1 Å². The van der Waals surface area contributed by atoms with E-state index in [1.807, 2.05) is 23.7 Å². The number of nitrogens with one attached hydrogen (secondary N) is 2. The van der Waals surface area contributed by atoms with E-state index in [0.29, 0.717) is 5.56 Å². The van der Waals surface area contributed by atoms with Crippen LogP contribution in [0.15, 0.2) is 60.2 Å². The molecule has 6 nitrogen and oxygen atoms in total. The molecule has 0 saturated heterocycles. The van der Waals surface area contributed by atoms with Gasteiger partial charge in [0.2, 0.25) is 0 Å². The van der Waals surface area contributed by atoms with Crippen molar-refractivity contribution in [2.75, 3.05) is 6.54 Å². The van der Waals surface area contributed by atoms with Crippen molar-refractivity contribution in [2.24, 2.45) is 0 Å². The summed E-state index contributed by atoms with van der Waals surface area (Å²) in [6.45, 7) is 0.394. The Kier molecular flexibility index (Phi) is 5.75. The molecule has 26 heavy (non-hydrogen) atoms. The van der Waals surface area contributed by atoms with Gasteiger partial charge in [-0.3, -0.25) is 14.3 Å². The maximum absolute atomic E-state index is 12.9. The molecule has 2 N–H and O–H groups in total. The Hall–Kier alpha value is -3.00. The Morgan fingerprint density at radius 2 is 1.88 bits per heavy atom. The average Bonchev–Trinajstić information content (AvgIpc) is 3.35. The first-order chi connectivity index (χ1) is 12.6. The number of carbonyl (C=O) groups is 2. The minimum atomic E-state index is -0.736. The van der Waals surface area contributed by atoms with Crippen LogP contribution in [0.5, 0.6) is 0 Å². The molecule has 134 valence electrons. The molecule has 0 fully saturated rings. The summed E-state index contributed by atoms with van der Waals surface area (Å²) < 4.78 is 14.6. The molecule has 0 saturated carbocycles. The van der Waals surface area contributed by atoms with Crippen LogP contribution in [0.1, 0.15) is 16.5 Å². The molecule has 3 aromatic rings. The Balaban J connectivity index is 1.54. The third kappa shape index (κ3) is 4.54. The molecular formula is C18H17FN4O2S. The maximum atomic E-state index is 12.9. The fourth-order valence-corrected chi connectivity index (χ4v) is 3.22. The molecule has 0 aliphatic carbocycles. The summed E-state index contributed by atoms with van der Waals surface area (Å²) in [5.41, 5.74) is 0.709. The topological polar surface area (TPSA) is 76.0 Å². The third-order valence-electron chi connectivity index (χ3n) is 3.74. The number of halogens is 1. The van der Waals surface area contributed by atoms with Gasteiger partial charge in [0.15, 0.2) is 0 Å². The largest absolute Gasteiger partial charge is 0.345 e. The van der Waals surface area contributed by atoms with Crippen molar-refractivity contribution in [3.63, 3.8) is 0 Å². The van der Waals surface area contributed by atoms with Gasteiger partial charge in [-0.25, -0.2) is 4.39 Å². The minimum absolute atomic E-state index is 0.153. The van der Waals surface area contributed by atoms with E-state index in [-0.39, 0.29) is 24.9 Å². The number of carbonyl (C=O) groups excluding carboxylic acids is 2. The summed E-state index contributed by atoms with van der Waals surface area (Å²) in [5.74, 6) is -1.81. The number of benzene rings is 1. The van der Waals surface area contributed by atoms with Crippen molar-refractivity contribution in [1.82, 2.24) is 20.4 Å². The highest BCUT2D eigenvalue weighted by atomic mass is 32.1. The lowest BCUT2D eigenvalue weighted by Gasteiger charge is -2.17. The van der Waals surface area contributed by atoms with Crippen LogP contribution in [0.4, 0.5) is 4.39 Å². The first-order valence-corrected chi connectivity index (χ1v) is 8.84. The van der Waals surface area contributed by atoms with E-state index in [9.17, 15) is 14.0 Å². The standard InChI is InChI=1S/C18H17FN4O2S/c19-14-6-4-13(5-7-14)11-20-17(24)18(25)21-12-15(16-3-1-10-26-16)23-9-2-8-22-23/h1-10,15H,11-12H2,(H,20,24)(H,21,25)/t15-/m1/s1. The quantitative estimate of drug-likeness (QED) is 0.651. The molecule has 2 aromatic heterocycles. The fraction of sp³-hybridized carbons (Fsp3) is 0.167. The van der Waals surface area contributed by atoms with Crippen molar-refractivity contribution in [3.05, 3.63) is 76.5 Å². The van der Waals surface area contributed by atoms with Crippen LogP contribution < -0.4 is 10.6 Å². The molecule has 1 atom stereocenters. The molecule has 1 aromatic carbocycles. The van der Waals surface area contributed by atoms with Crippen LogP contribution in [0, 0.1) is 5.82 Å². The van der Waals surface area contributed by atoms with Gasteiger partial charge >= 0.3 is 11.8 Å². The Morgan fingerprint density at radius 1 is 1.12 bits per heavy atom. The predicted molar refractivity (Wildman–Crippen MR) is 95.9 cm³/mol. The molecule has 8 heteroatoms. The highest BCUT2D eigenvalue weighted by molar-refractivity contribution is 7.10. The zero-order valence-corrected chi connectivity index (χ0v) is 14.6. The molecule has 0 unspecified atom stereocenters. The lowest BCUT2D eigenvalue weighted by molar-refractivity contribution is -0.139. The monoisotopic (exact) mass is 372 g/mol. The molecule has 0 bridgehead atoms. The summed E-state index contributed by atoms with van der Waals surface area (Å²) in [7, 11) is 0. The fourth-order valence-electron chi connectivity index (χ4n) is 2.40. The van der Waals surface area contributed by atoms with Gasteiger partial charge < -0.3 is 10.6 Å². The van der Waals surface area contributed by atoms with E-state index in [4.69, 9.17) is 0 Å². The van der Waals surface area contributed by atoms with Crippen molar-refractivity contribution in [3.8, 4) is 0 Å². The first kappa shape index (κ1) is 17.8. The molecule has 2 heterocycles. The smallest absolute Gasteiger partial charge is 0.309 e. The van der Waals surface area contributed by atoms with Gasteiger partial charge in [-0.2, -0.15) is 5.10 Å². The molecule has 0 aliphatic heterocycles. The molecule has 2 amide bonds. The van der Waals surface area contributed by atoms with Gasteiger partial charge in [-0.05, 0) is 35.2 Å². The van der Waals surface area contributed by atoms with E-state index in [1.165, 1.54) is 12.1 Å². The number of hydrogen-bond acceptors (Lipinski definition) is 4. The Labute approximate surface area is 153 Å². The molecule has 0 spiro atoms. The highest BCUT2D eigenvalue weighted by Crippen LogP contribution is 2.21. The van der Waals surface area contributed by atoms with Crippen LogP contribution in [0.3, 0.4) is 0 Å². The van der Waals surface area contributed by atoms with E-state index < -0.39 is 11.8 Å². The third-order valence-corrected chi connectivity index (χ3v) is 4.72. The highest BCUT2D eigenvalue weighted by Gasteiger charge is 2.19. The van der Waals surface area contributed by atoms with E-state index in [2.05, 4.69) is 15.7 Å². The van der Waals surface area contributed by atoms with E-state index >= 15 is 0 Å². The van der Waals surface area contributed by atoms with Gasteiger partial charge in [-0.1, -0.05) is 18.2 Å². The lowest BCUT2D eigenvalue weighted by atomic mass is 10.2. The number of amides is 2. The van der Waals surface area contributed by atoms with Crippen molar-refractivity contribution >= 4 is 23.2 Å². The summed E-state index contributed by atoms with van der Waals surface area (Å²) in [4.78, 5) is 25.0. The molecular weight excluding hydrogens is 355 g/mol. The van der Waals surface area contributed by atoms with Crippen LogP contribution in [-0.2, 0) is 16.1 Å². The lowest BCUT2D eigenvalue weighted by Crippen LogP contribution is -2.41. The van der Waals surface area contributed by atoms with Gasteiger partial charge in [0.25, 0.3) is 0 Å². The first-order valence-electron chi connectivity index (χ1n) is 7.96. The van der Waals surface area contributed by atoms with Crippen molar-refractivity contribution in [1.29, 1.82) is 0 Å². The van der Waals surface area contributed by atoms with E-state index in [0.717, 1.165) is 4.88 Å². The second-order valence-corrected chi connectivity index (χ2v) is 6.52. The predicted octanol–water partition coefficient (Wildman–Crippen LogP) is 2.11. The van der Waals surface area contributed by atoms with E-state index in [1.54, 1.807) is 40.4 Å². The summed E-state index contributed by atoms with van der Waals surface area (Å²) in [5, 5.41) is 11.3. The van der Waals surface area contributed by atoms with Gasteiger partial charge in [0, 0.05) is 30.4 Å². The Bertz CT molecular complexity index is 814. The SMILES string of the molecule is O=C(NCc1ccc(F)cc1)C(=O)NC[C@H](c1cccs1)n1cccn1. The number of rotatable bonds is 6. The normalized spacial score (nSPS) is 11.7. The maximum Gasteiger partial charge on any atom is 0.309 e. The second kappa shape index (κ2) is 8.39. The van der Waals surface area contributed by atoms with Crippen molar-refractivity contribution in [2.45, 2.75) is 12.6 Å². The van der Waals surface area contributed by atoms with Crippen LogP contribution >= 0.6 is 11.3 Å². The number of nitrogens with zero attached hydrogens (tertiary/aromatic N) is 2. The van der Waals surface area contributed by atoms with Gasteiger partial charge in [0.1, 0.15) is 11.9 Å². The minimum Gasteiger partial charge on any atom is -0.345 e. The molecule has 0 aliphatic rings. The van der Waals surface area contributed by atoms with Crippen LogP contribution in [0.2, 0.25) is 0 Å². The van der Waals surface area contributed by atoms with Crippen LogP contribution in [0.25, 0.3) is 0 Å². The molecule has 3 rings (SSSR count). The van der Waals surface area contributed by atoms with Gasteiger partial charge in [-0.15, -0.1) is 11.3 Å². The van der Waals surface area contributed by atoms with Crippen molar-refractivity contribution < 1.29 is 14.0 Å². The number of aromatic nitrogens is 2. The number of hydrogen-bond donors (Lipinski definition) is 2. The summed E-state index contributed by atoms with van der Waals surface area (Å²) >= 11 is 1.55. The zero-order valence-electron chi connectivity index (χ0n) is 13.8.